The second-order valence-electron chi connectivity index (χ2n) is 4.20. The van der Waals surface area contributed by atoms with Crippen molar-refractivity contribution in [2.24, 2.45) is 0 Å². The molecule has 0 amide bonds. The number of fused-ring (bicyclic) bond motifs is 1. The number of nitrogens with zero attached hydrogens (tertiary/aromatic N) is 1. The molecule has 2 aromatic rings. The summed E-state index contributed by atoms with van der Waals surface area (Å²) >= 11 is 0. The zero-order chi connectivity index (χ0) is 10.8. The molecule has 1 aliphatic rings. The summed E-state index contributed by atoms with van der Waals surface area (Å²) in [5.74, 6) is 0. The van der Waals surface area contributed by atoms with Gasteiger partial charge in [0.15, 0.2) is 0 Å². The third-order valence-corrected chi connectivity index (χ3v) is 3.10. The molecule has 0 N–H and O–H groups in total. The first-order valence-electron chi connectivity index (χ1n) is 5.72. The van der Waals surface area contributed by atoms with Crippen molar-refractivity contribution in [1.29, 1.82) is 0 Å². The van der Waals surface area contributed by atoms with Gasteiger partial charge in [0.25, 0.3) is 0 Å². The third-order valence-electron chi connectivity index (χ3n) is 3.10. The SMILES string of the molecule is [Br-].[Mg+2].[c-]1cccc2c1N(Cc1ccccc1)CC2. The molecule has 0 aliphatic carbocycles. The Kier molecular flexibility index (Phi) is 6.19. The van der Waals surface area contributed by atoms with E-state index in [1.165, 1.54) is 16.8 Å². The van der Waals surface area contributed by atoms with E-state index in [9.17, 15) is 0 Å². The standard InChI is InChI=1S/C15H14N.BrH.Mg/c1-2-6-13(7-3-1)12-16-11-10-14-8-4-5-9-15(14)16;;/h1-8H,10-12H2;1H;/q-1;;+2/p-1. The van der Waals surface area contributed by atoms with Crippen molar-refractivity contribution in [3.8, 4) is 0 Å². The Bertz CT molecular complexity index is 487. The molecule has 0 fully saturated rings. The van der Waals surface area contributed by atoms with Crippen LogP contribution < -0.4 is 21.9 Å². The van der Waals surface area contributed by atoms with Crippen molar-refractivity contribution >= 4 is 28.7 Å². The molecule has 0 spiro atoms. The van der Waals surface area contributed by atoms with Gasteiger partial charge in [-0.1, -0.05) is 42.4 Å². The smallest absolute Gasteiger partial charge is 1.00 e. The quantitative estimate of drug-likeness (QED) is 0.542. The van der Waals surface area contributed by atoms with Gasteiger partial charge in [0, 0.05) is 13.1 Å². The van der Waals surface area contributed by atoms with Crippen LogP contribution in [0.15, 0.2) is 48.5 Å². The number of benzene rings is 2. The van der Waals surface area contributed by atoms with E-state index in [0.29, 0.717) is 0 Å². The van der Waals surface area contributed by atoms with Crippen LogP contribution in [-0.4, -0.2) is 29.6 Å². The van der Waals surface area contributed by atoms with Gasteiger partial charge in [0.05, 0.1) is 0 Å². The van der Waals surface area contributed by atoms with Crippen molar-refractivity contribution in [2.75, 3.05) is 11.4 Å². The molecule has 1 nitrogen and oxygen atoms in total. The summed E-state index contributed by atoms with van der Waals surface area (Å²) in [6.07, 6.45) is 1.15. The van der Waals surface area contributed by atoms with E-state index in [-0.39, 0.29) is 40.0 Å². The fourth-order valence-corrected chi connectivity index (χ4v) is 2.29. The van der Waals surface area contributed by atoms with Crippen LogP contribution in [0.1, 0.15) is 11.1 Å². The van der Waals surface area contributed by atoms with Gasteiger partial charge in [-0.3, -0.25) is 0 Å². The molecule has 0 aromatic heterocycles. The van der Waals surface area contributed by atoms with Crippen molar-refractivity contribution in [1.82, 2.24) is 0 Å². The fourth-order valence-electron chi connectivity index (χ4n) is 2.29. The van der Waals surface area contributed by atoms with E-state index in [1.807, 2.05) is 6.07 Å². The van der Waals surface area contributed by atoms with Crippen molar-refractivity contribution in [3.05, 3.63) is 65.7 Å². The molecule has 1 heterocycles. The number of hydrogen-bond acceptors (Lipinski definition) is 1. The topological polar surface area (TPSA) is 3.24 Å². The van der Waals surface area contributed by atoms with E-state index >= 15 is 0 Å². The number of anilines is 1. The summed E-state index contributed by atoms with van der Waals surface area (Å²) in [6, 6.07) is 20.2. The van der Waals surface area contributed by atoms with Crippen LogP contribution in [0, 0.1) is 6.07 Å². The first-order valence-corrected chi connectivity index (χ1v) is 5.72. The normalized spacial score (nSPS) is 12.3. The van der Waals surface area contributed by atoms with Gasteiger partial charge in [-0.15, -0.1) is 5.56 Å². The van der Waals surface area contributed by atoms with Crippen LogP contribution in [0.4, 0.5) is 5.69 Å². The van der Waals surface area contributed by atoms with Gasteiger partial charge in [-0.2, -0.15) is 24.3 Å². The Morgan fingerprint density at radius 3 is 2.61 bits per heavy atom. The van der Waals surface area contributed by atoms with E-state index in [2.05, 4.69) is 53.4 Å². The van der Waals surface area contributed by atoms with Crippen LogP contribution in [0.25, 0.3) is 0 Å². The van der Waals surface area contributed by atoms with Crippen molar-refractivity contribution in [3.63, 3.8) is 0 Å². The monoisotopic (exact) mass is 311 g/mol. The molecule has 0 bridgehead atoms. The second-order valence-corrected chi connectivity index (χ2v) is 4.20. The predicted octanol–water partition coefficient (Wildman–Crippen LogP) is -0.327. The molecule has 0 atom stereocenters. The van der Waals surface area contributed by atoms with Crippen LogP contribution in [-0.2, 0) is 13.0 Å². The molecule has 1 aliphatic heterocycles. The summed E-state index contributed by atoms with van der Waals surface area (Å²) in [5, 5.41) is 0. The van der Waals surface area contributed by atoms with E-state index in [0.717, 1.165) is 19.5 Å². The largest absolute Gasteiger partial charge is 2.00 e. The van der Waals surface area contributed by atoms with Crippen LogP contribution in [0.5, 0.6) is 0 Å². The van der Waals surface area contributed by atoms with Crippen LogP contribution in [0.2, 0.25) is 0 Å². The molecule has 0 saturated carbocycles. The summed E-state index contributed by atoms with van der Waals surface area (Å²) in [5.41, 5.74) is 4.08. The number of hydrogen-bond donors (Lipinski definition) is 0. The Labute approximate surface area is 135 Å². The molecular weight excluding hydrogens is 298 g/mol. The van der Waals surface area contributed by atoms with Crippen molar-refractivity contribution < 1.29 is 17.0 Å². The Morgan fingerprint density at radius 2 is 1.83 bits per heavy atom. The molecule has 0 saturated heterocycles. The minimum Gasteiger partial charge on any atom is -1.00 e. The molecule has 0 unspecified atom stereocenters. The Balaban J connectivity index is 0.000000810. The second kappa shape index (κ2) is 7.17. The summed E-state index contributed by atoms with van der Waals surface area (Å²) in [7, 11) is 0. The molecule has 18 heavy (non-hydrogen) atoms. The number of halogens is 1. The molecule has 2 aromatic carbocycles. The van der Waals surface area contributed by atoms with Gasteiger partial charge in [0.1, 0.15) is 0 Å². The van der Waals surface area contributed by atoms with Gasteiger partial charge in [0.2, 0.25) is 0 Å². The third kappa shape index (κ3) is 3.28. The van der Waals surface area contributed by atoms with Crippen molar-refractivity contribution in [2.45, 2.75) is 13.0 Å². The first-order chi connectivity index (χ1) is 7.93. The zero-order valence-electron chi connectivity index (χ0n) is 10.3. The Morgan fingerprint density at radius 1 is 1.06 bits per heavy atom. The minimum absolute atomic E-state index is 0. The molecule has 88 valence electrons. The summed E-state index contributed by atoms with van der Waals surface area (Å²) in [6.45, 7) is 2.11. The van der Waals surface area contributed by atoms with Gasteiger partial charge < -0.3 is 21.9 Å². The molecule has 0 radical (unpaired) electrons. The van der Waals surface area contributed by atoms with E-state index in [1.54, 1.807) is 0 Å². The average Bonchev–Trinajstić information content (AvgIpc) is 2.74. The minimum atomic E-state index is 0. The number of rotatable bonds is 2. The first kappa shape index (κ1) is 15.5. The maximum Gasteiger partial charge on any atom is 2.00 e. The van der Waals surface area contributed by atoms with Gasteiger partial charge in [-0.25, -0.2) is 0 Å². The molecular formula is C15H14BrMgN. The van der Waals surface area contributed by atoms with E-state index < -0.39 is 0 Å². The van der Waals surface area contributed by atoms with Crippen LogP contribution >= 0.6 is 0 Å². The maximum atomic E-state index is 3.35. The predicted molar refractivity (Wildman–Crippen MR) is 72.2 cm³/mol. The van der Waals surface area contributed by atoms with Gasteiger partial charge in [-0.05, 0) is 5.56 Å². The maximum absolute atomic E-state index is 3.35. The van der Waals surface area contributed by atoms with E-state index in [4.69, 9.17) is 0 Å². The number of para-hydroxylation sites is 1. The van der Waals surface area contributed by atoms with Gasteiger partial charge >= 0.3 is 23.1 Å². The molecule has 3 rings (SSSR count). The summed E-state index contributed by atoms with van der Waals surface area (Å²) < 4.78 is 0. The fraction of sp³-hybridized carbons (Fsp3) is 0.200. The zero-order valence-corrected chi connectivity index (χ0v) is 13.3. The Hall–Kier alpha value is -0.514. The summed E-state index contributed by atoms with van der Waals surface area (Å²) in [4.78, 5) is 2.41. The molecule has 3 heteroatoms. The van der Waals surface area contributed by atoms with Crippen LogP contribution in [0.3, 0.4) is 0 Å². The average molecular weight is 312 g/mol.